The number of amides is 1. The molecule has 0 aliphatic heterocycles. The largest absolute Gasteiger partial charge is 0.444 e. The van der Waals surface area contributed by atoms with E-state index in [4.69, 9.17) is 22.4 Å². The summed E-state index contributed by atoms with van der Waals surface area (Å²) in [5.74, 6) is 2.27. The molecule has 1 aromatic carbocycles. The molecule has 0 bridgehead atoms. The van der Waals surface area contributed by atoms with Gasteiger partial charge >= 0.3 is 5.91 Å². The molecule has 0 fully saturated rings. The monoisotopic (exact) mass is 394 g/mol. The lowest BCUT2D eigenvalue weighted by molar-refractivity contribution is 0.0970. The Balaban J connectivity index is 2.17. The van der Waals surface area contributed by atoms with Crippen molar-refractivity contribution in [2.24, 2.45) is 4.99 Å². The molecule has 0 N–H and O–H groups in total. The zero-order chi connectivity index (χ0) is 15.7. The minimum atomic E-state index is -0.464. The van der Waals surface area contributed by atoms with Crippen LogP contribution in [0, 0.1) is 12.3 Å². The van der Waals surface area contributed by atoms with Gasteiger partial charge in [0.25, 0.3) is 0 Å². The Bertz CT molecular complexity index is 977. The third-order valence-electron chi connectivity index (χ3n) is 2.88. The second-order valence-electron chi connectivity index (χ2n) is 4.31. The number of nitrogens with zero attached hydrogens (tertiary/aromatic N) is 2. The van der Waals surface area contributed by atoms with E-state index in [2.05, 4.69) is 26.8 Å². The second-order valence-corrected chi connectivity index (χ2v) is 6.53. The SMILES string of the molecule is C#CCn1c(=NC(=O)c2ccc(Br)o2)sc2cc(Cl)ccc21. The molecule has 2 aromatic heterocycles. The van der Waals surface area contributed by atoms with E-state index in [1.807, 2.05) is 12.1 Å². The van der Waals surface area contributed by atoms with Gasteiger partial charge < -0.3 is 8.98 Å². The zero-order valence-corrected chi connectivity index (χ0v) is 14.2. The smallest absolute Gasteiger partial charge is 0.315 e. The fourth-order valence-corrected chi connectivity index (χ4v) is 3.56. The van der Waals surface area contributed by atoms with Gasteiger partial charge in [-0.25, -0.2) is 0 Å². The highest BCUT2D eigenvalue weighted by molar-refractivity contribution is 9.10. The first-order valence-corrected chi connectivity index (χ1v) is 8.14. The molecule has 22 heavy (non-hydrogen) atoms. The average Bonchev–Trinajstić information content (AvgIpc) is 3.04. The van der Waals surface area contributed by atoms with Crippen LogP contribution >= 0.6 is 38.9 Å². The number of rotatable bonds is 2. The molecule has 2 heterocycles. The first kappa shape index (κ1) is 15.1. The molecule has 0 atom stereocenters. The summed E-state index contributed by atoms with van der Waals surface area (Å²) in [5, 5.41) is 0.620. The minimum Gasteiger partial charge on any atom is -0.444 e. The molecule has 0 radical (unpaired) electrons. The number of carbonyl (C=O) groups excluding carboxylic acids is 1. The molecule has 1 amide bonds. The average molecular weight is 396 g/mol. The highest BCUT2D eigenvalue weighted by atomic mass is 79.9. The van der Waals surface area contributed by atoms with Crippen LogP contribution in [0.2, 0.25) is 5.02 Å². The van der Waals surface area contributed by atoms with E-state index in [0.29, 0.717) is 21.0 Å². The van der Waals surface area contributed by atoms with Crippen LogP contribution in [0.1, 0.15) is 10.6 Å². The summed E-state index contributed by atoms with van der Waals surface area (Å²) in [6, 6.07) is 8.66. The van der Waals surface area contributed by atoms with Gasteiger partial charge in [-0.3, -0.25) is 4.79 Å². The van der Waals surface area contributed by atoms with Gasteiger partial charge in [-0.05, 0) is 46.3 Å². The van der Waals surface area contributed by atoms with Crippen molar-refractivity contribution < 1.29 is 9.21 Å². The summed E-state index contributed by atoms with van der Waals surface area (Å²) in [6.07, 6.45) is 5.41. The first-order valence-electron chi connectivity index (χ1n) is 6.15. The quantitative estimate of drug-likeness (QED) is 0.614. The van der Waals surface area contributed by atoms with Crippen molar-refractivity contribution in [1.82, 2.24) is 4.57 Å². The maximum atomic E-state index is 12.2. The van der Waals surface area contributed by atoms with Gasteiger partial charge in [0.05, 0.1) is 16.8 Å². The van der Waals surface area contributed by atoms with Crippen molar-refractivity contribution in [2.75, 3.05) is 0 Å². The lowest BCUT2D eigenvalue weighted by Gasteiger charge is -1.99. The number of thiazole rings is 1. The Morgan fingerprint density at radius 2 is 2.27 bits per heavy atom. The predicted molar refractivity (Wildman–Crippen MR) is 90.0 cm³/mol. The van der Waals surface area contributed by atoms with Crippen molar-refractivity contribution in [2.45, 2.75) is 6.54 Å². The third-order valence-corrected chi connectivity index (χ3v) is 4.58. The van der Waals surface area contributed by atoms with Crippen LogP contribution in [0.4, 0.5) is 0 Å². The first-order chi connectivity index (χ1) is 10.6. The van der Waals surface area contributed by atoms with Gasteiger partial charge in [0, 0.05) is 5.02 Å². The van der Waals surface area contributed by atoms with Gasteiger partial charge in [0.2, 0.25) is 0 Å². The molecule has 7 heteroatoms. The molecule has 4 nitrogen and oxygen atoms in total. The topological polar surface area (TPSA) is 47.5 Å². The molecule has 0 saturated carbocycles. The summed E-state index contributed by atoms with van der Waals surface area (Å²) in [5.41, 5.74) is 0.888. The van der Waals surface area contributed by atoms with Crippen LogP contribution in [0.25, 0.3) is 10.2 Å². The number of hydrogen-bond donors (Lipinski definition) is 0. The van der Waals surface area contributed by atoms with E-state index in [1.54, 1.807) is 22.8 Å². The van der Waals surface area contributed by atoms with Crippen molar-refractivity contribution in [3.05, 3.63) is 50.6 Å². The van der Waals surface area contributed by atoms with E-state index in [1.165, 1.54) is 11.3 Å². The number of hydrogen-bond acceptors (Lipinski definition) is 3. The van der Waals surface area contributed by atoms with Crippen LogP contribution in [-0.2, 0) is 6.54 Å². The second kappa shape index (κ2) is 6.13. The number of carbonyl (C=O) groups is 1. The van der Waals surface area contributed by atoms with Crippen LogP contribution < -0.4 is 4.80 Å². The fraction of sp³-hybridized carbons (Fsp3) is 0.0667. The zero-order valence-electron chi connectivity index (χ0n) is 11.0. The Morgan fingerprint density at radius 3 is 2.95 bits per heavy atom. The van der Waals surface area contributed by atoms with Crippen molar-refractivity contribution in [1.29, 1.82) is 0 Å². The van der Waals surface area contributed by atoms with Crippen LogP contribution in [0.15, 0.2) is 44.4 Å². The van der Waals surface area contributed by atoms with Gasteiger partial charge in [-0.1, -0.05) is 28.9 Å². The van der Waals surface area contributed by atoms with Gasteiger partial charge in [0.15, 0.2) is 15.2 Å². The third kappa shape index (κ3) is 2.88. The molecule has 3 rings (SSSR count). The Hall–Kier alpha value is -1.81. The molecule has 0 saturated heterocycles. The van der Waals surface area contributed by atoms with E-state index in [-0.39, 0.29) is 5.76 Å². The summed E-state index contributed by atoms with van der Waals surface area (Å²) in [7, 11) is 0. The number of aromatic nitrogens is 1. The van der Waals surface area contributed by atoms with Crippen molar-refractivity contribution in [3.8, 4) is 12.3 Å². The molecule has 3 aromatic rings. The summed E-state index contributed by atoms with van der Waals surface area (Å²) in [6.45, 7) is 0.315. The molecule has 0 unspecified atom stereocenters. The van der Waals surface area contributed by atoms with Gasteiger partial charge in [0.1, 0.15) is 0 Å². The van der Waals surface area contributed by atoms with Crippen LogP contribution in [0.3, 0.4) is 0 Å². The molecular formula is C15H8BrClN2O2S. The highest BCUT2D eigenvalue weighted by Crippen LogP contribution is 2.22. The van der Waals surface area contributed by atoms with Crippen molar-refractivity contribution in [3.63, 3.8) is 0 Å². The number of terminal acetylenes is 1. The standard InChI is InChI=1S/C15H8BrClN2O2S/c1-2-7-19-10-4-3-9(17)8-12(10)22-15(19)18-14(20)11-5-6-13(16)21-11/h1,3-6,8H,7H2. The normalized spacial score (nSPS) is 11.8. The number of furan rings is 1. The van der Waals surface area contributed by atoms with E-state index < -0.39 is 5.91 Å². The fourth-order valence-electron chi connectivity index (χ4n) is 1.95. The van der Waals surface area contributed by atoms with E-state index >= 15 is 0 Å². The minimum absolute atomic E-state index is 0.162. The van der Waals surface area contributed by atoms with Crippen LogP contribution in [0.5, 0.6) is 0 Å². The summed E-state index contributed by atoms with van der Waals surface area (Å²) in [4.78, 5) is 16.8. The number of benzene rings is 1. The highest BCUT2D eigenvalue weighted by Gasteiger charge is 2.12. The lowest BCUT2D eigenvalue weighted by atomic mass is 10.3. The molecule has 110 valence electrons. The molecule has 0 aliphatic rings. The summed E-state index contributed by atoms with van der Waals surface area (Å²) >= 11 is 10.5. The lowest BCUT2D eigenvalue weighted by Crippen LogP contribution is -2.16. The number of halogens is 2. The van der Waals surface area contributed by atoms with Gasteiger partial charge in [-0.15, -0.1) is 6.42 Å². The van der Waals surface area contributed by atoms with E-state index in [9.17, 15) is 4.79 Å². The Kier molecular flexibility index (Phi) is 4.21. The predicted octanol–water partition coefficient (Wildman–Crippen LogP) is 4.09. The Morgan fingerprint density at radius 1 is 1.45 bits per heavy atom. The van der Waals surface area contributed by atoms with E-state index in [0.717, 1.165) is 10.2 Å². The molecule has 0 spiro atoms. The number of fused-ring (bicyclic) bond motifs is 1. The maximum Gasteiger partial charge on any atom is 0.315 e. The Labute approximate surface area is 143 Å². The van der Waals surface area contributed by atoms with Crippen molar-refractivity contribution >= 4 is 55.0 Å². The summed E-state index contributed by atoms with van der Waals surface area (Å²) < 4.78 is 8.41. The molecular weight excluding hydrogens is 388 g/mol. The maximum absolute atomic E-state index is 12.2. The van der Waals surface area contributed by atoms with Gasteiger partial charge in [-0.2, -0.15) is 4.99 Å². The molecule has 0 aliphatic carbocycles. The van der Waals surface area contributed by atoms with Crippen LogP contribution in [-0.4, -0.2) is 10.5 Å².